The molecular weight excluding hydrogens is 288 g/mol. The van der Waals surface area contributed by atoms with Crippen molar-refractivity contribution in [1.29, 1.82) is 0 Å². The summed E-state index contributed by atoms with van der Waals surface area (Å²) in [6.07, 6.45) is 7.52. The lowest BCUT2D eigenvalue weighted by Gasteiger charge is -2.18. The smallest absolute Gasteiger partial charge is 0.0410 e. The molecule has 2 unspecified atom stereocenters. The van der Waals surface area contributed by atoms with Crippen LogP contribution < -0.4 is 5.32 Å². The zero-order chi connectivity index (χ0) is 11.4. The normalized spacial score (nSPS) is 24.9. The van der Waals surface area contributed by atoms with E-state index in [1.807, 2.05) is 6.20 Å². The van der Waals surface area contributed by atoms with Crippen LogP contribution in [0.25, 0.3) is 0 Å². The van der Waals surface area contributed by atoms with Gasteiger partial charge in [0.05, 0.1) is 0 Å². The molecule has 2 rings (SSSR count). The molecule has 1 aromatic heterocycles. The molecule has 1 saturated carbocycles. The van der Waals surface area contributed by atoms with Gasteiger partial charge in [0, 0.05) is 35.3 Å². The van der Waals surface area contributed by atoms with Gasteiger partial charge in [0.15, 0.2) is 0 Å². The van der Waals surface area contributed by atoms with Crippen molar-refractivity contribution in [2.45, 2.75) is 31.8 Å². The molecule has 0 amide bonds. The van der Waals surface area contributed by atoms with Crippen LogP contribution in [-0.4, -0.2) is 16.9 Å². The van der Waals surface area contributed by atoms with Gasteiger partial charge in [-0.15, -0.1) is 11.6 Å². The van der Waals surface area contributed by atoms with E-state index in [-0.39, 0.29) is 0 Å². The fraction of sp³-hybridized carbons (Fsp3) is 0.583. The Bertz CT molecular complexity index is 346. The fourth-order valence-electron chi connectivity index (χ4n) is 2.29. The van der Waals surface area contributed by atoms with Gasteiger partial charge >= 0.3 is 0 Å². The standard InChI is InChI=1S/C12H16BrClN2/c13-11-4-9(6-15-8-11)7-16-12-3-1-2-10(12)5-14/h4,6,8,10,12,16H,1-3,5,7H2. The average molecular weight is 304 g/mol. The first kappa shape index (κ1) is 12.3. The summed E-state index contributed by atoms with van der Waals surface area (Å²) in [6, 6.07) is 2.68. The Labute approximate surface area is 110 Å². The van der Waals surface area contributed by atoms with Crippen LogP contribution in [-0.2, 0) is 6.54 Å². The van der Waals surface area contributed by atoms with E-state index in [0.29, 0.717) is 12.0 Å². The topological polar surface area (TPSA) is 24.9 Å². The number of aromatic nitrogens is 1. The van der Waals surface area contributed by atoms with Crippen molar-refractivity contribution >= 4 is 27.5 Å². The number of hydrogen-bond acceptors (Lipinski definition) is 2. The lowest BCUT2D eigenvalue weighted by atomic mass is 10.1. The van der Waals surface area contributed by atoms with Crippen LogP contribution in [0.2, 0.25) is 0 Å². The second-order valence-corrected chi connectivity index (χ2v) is 5.57. The Morgan fingerprint density at radius 3 is 3.06 bits per heavy atom. The van der Waals surface area contributed by atoms with E-state index in [2.05, 4.69) is 32.3 Å². The van der Waals surface area contributed by atoms with Crippen LogP contribution in [0.1, 0.15) is 24.8 Å². The summed E-state index contributed by atoms with van der Waals surface area (Å²) >= 11 is 9.38. The zero-order valence-electron chi connectivity index (χ0n) is 9.13. The molecule has 4 heteroatoms. The first-order valence-corrected chi connectivity index (χ1v) is 7.01. The highest BCUT2D eigenvalue weighted by Gasteiger charge is 2.25. The van der Waals surface area contributed by atoms with Crippen molar-refractivity contribution < 1.29 is 0 Å². The maximum atomic E-state index is 5.95. The first-order valence-electron chi connectivity index (χ1n) is 5.68. The van der Waals surface area contributed by atoms with Gasteiger partial charge in [0.1, 0.15) is 0 Å². The molecule has 0 bridgehead atoms. The maximum Gasteiger partial charge on any atom is 0.0410 e. The number of alkyl halides is 1. The molecule has 1 aromatic rings. The summed E-state index contributed by atoms with van der Waals surface area (Å²) in [5, 5.41) is 3.58. The molecule has 0 saturated heterocycles. The molecule has 1 aliphatic carbocycles. The van der Waals surface area contributed by atoms with Gasteiger partial charge in [-0.2, -0.15) is 0 Å². The van der Waals surface area contributed by atoms with Crippen LogP contribution in [0.5, 0.6) is 0 Å². The SMILES string of the molecule is ClCC1CCCC1NCc1cncc(Br)c1. The molecule has 1 fully saturated rings. The number of nitrogens with zero attached hydrogens (tertiary/aromatic N) is 1. The highest BCUT2D eigenvalue weighted by molar-refractivity contribution is 9.10. The van der Waals surface area contributed by atoms with E-state index in [9.17, 15) is 0 Å². The third kappa shape index (κ3) is 3.19. The largest absolute Gasteiger partial charge is 0.310 e. The summed E-state index contributed by atoms with van der Waals surface area (Å²) in [5.74, 6) is 1.41. The predicted molar refractivity (Wildman–Crippen MR) is 70.6 cm³/mol. The summed E-state index contributed by atoms with van der Waals surface area (Å²) in [7, 11) is 0. The minimum atomic E-state index is 0.580. The van der Waals surface area contributed by atoms with Crippen LogP contribution in [0, 0.1) is 5.92 Å². The van der Waals surface area contributed by atoms with Gasteiger partial charge in [-0.05, 0) is 46.3 Å². The highest BCUT2D eigenvalue weighted by Crippen LogP contribution is 2.26. The van der Waals surface area contributed by atoms with Gasteiger partial charge in [0.25, 0.3) is 0 Å². The van der Waals surface area contributed by atoms with Crippen molar-refractivity contribution in [1.82, 2.24) is 10.3 Å². The second kappa shape index (κ2) is 5.99. The quantitative estimate of drug-likeness (QED) is 0.863. The number of pyridine rings is 1. The lowest BCUT2D eigenvalue weighted by Crippen LogP contribution is -2.32. The van der Waals surface area contributed by atoms with E-state index < -0.39 is 0 Å². The summed E-state index contributed by atoms with van der Waals surface area (Å²) < 4.78 is 1.03. The molecule has 2 atom stereocenters. The van der Waals surface area contributed by atoms with E-state index in [4.69, 9.17) is 11.6 Å². The third-order valence-electron chi connectivity index (χ3n) is 3.19. The van der Waals surface area contributed by atoms with Gasteiger partial charge in [0.2, 0.25) is 0 Å². The average Bonchev–Trinajstić information content (AvgIpc) is 2.74. The minimum Gasteiger partial charge on any atom is -0.310 e. The predicted octanol–water partition coefficient (Wildman–Crippen LogP) is 3.34. The Hall–Kier alpha value is -0.120. The maximum absolute atomic E-state index is 5.95. The minimum absolute atomic E-state index is 0.580. The van der Waals surface area contributed by atoms with E-state index in [0.717, 1.165) is 16.9 Å². The fourth-order valence-corrected chi connectivity index (χ4v) is 3.07. The summed E-state index contributed by atoms with van der Waals surface area (Å²) in [5.41, 5.74) is 1.22. The molecular formula is C12H16BrClN2. The van der Waals surface area contributed by atoms with Crippen LogP contribution in [0.3, 0.4) is 0 Å². The molecule has 16 heavy (non-hydrogen) atoms. The molecule has 2 nitrogen and oxygen atoms in total. The monoisotopic (exact) mass is 302 g/mol. The van der Waals surface area contributed by atoms with Gasteiger partial charge in [-0.3, -0.25) is 4.98 Å². The van der Waals surface area contributed by atoms with Crippen LogP contribution in [0.15, 0.2) is 22.9 Å². The highest BCUT2D eigenvalue weighted by atomic mass is 79.9. The molecule has 1 aliphatic rings. The molecule has 1 heterocycles. The molecule has 88 valence electrons. The lowest BCUT2D eigenvalue weighted by molar-refractivity contribution is 0.429. The Morgan fingerprint density at radius 2 is 2.31 bits per heavy atom. The number of nitrogens with one attached hydrogen (secondary N) is 1. The van der Waals surface area contributed by atoms with Crippen molar-refractivity contribution in [2.75, 3.05) is 5.88 Å². The number of hydrogen-bond donors (Lipinski definition) is 1. The van der Waals surface area contributed by atoms with Crippen molar-refractivity contribution in [3.8, 4) is 0 Å². The van der Waals surface area contributed by atoms with E-state index in [1.54, 1.807) is 6.20 Å². The van der Waals surface area contributed by atoms with Gasteiger partial charge in [-0.25, -0.2) is 0 Å². The summed E-state index contributed by atoms with van der Waals surface area (Å²) in [4.78, 5) is 4.16. The Morgan fingerprint density at radius 1 is 1.44 bits per heavy atom. The molecule has 0 aliphatic heterocycles. The molecule has 1 N–H and O–H groups in total. The van der Waals surface area contributed by atoms with Gasteiger partial charge < -0.3 is 5.32 Å². The van der Waals surface area contributed by atoms with Crippen molar-refractivity contribution in [2.24, 2.45) is 5.92 Å². The Balaban J connectivity index is 1.87. The van der Waals surface area contributed by atoms with Crippen molar-refractivity contribution in [3.63, 3.8) is 0 Å². The summed E-state index contributed by atoms with van der Waals surface area (Å²) in [6.45, 7) is 0.879. The second-order valence-electron chi connectivity index (χ2n) is 4.34. The van der Waals surface area contributed by atoms with E-state index >= 15 is 0 Å². The van der Waals surface area contributed by atoms with Crippen molar-refractivity contribution in [3.05, 3.63) is 28.5 Å². The molecule has 0 radical (unpaired) electrons. The zero-order valence-corrected chi connectivity index (χ0v) is 11.5. The number of rotatable bonds is 4. The van der Waals surface area contributed by atoms with E-state index in [1.165, 1.54) is 24.8 Å². The first-order chi connectivity index (χ1) is 7.79. The van der Waals surface area contributed by atoms with Crippen LogP contribution >= 0.6 is 27.5 Å². The number of halogens is 2. The Kier molecular flexibility index (Phi) is 4.62. The third-order valence-corrected chi connectivity index (χ3v) is 4.02. The molecule has 0 aromatic carbocycles. The van der Waals surface area contributed by atoms with Gasteiger partial charge in [-0.1, -0.05) is 6.42 Å². The molecule has 0 spiro atoms. The van der Waals surface area contributed by atoms with Crippen LogP contribution in [0.4, 0.5) is 0 Å².